The zero-order valence-corrected chi connectivity index (χ0v) is 18.6. The van der Waals surface area contributed by atoms with E-state index in [0.717, 1.165) is 21.7 Å². The molecule has 0 saturated heterocycles. The molecule has 9 heteroatoms. The second kappa shape index (κ2) is 9.23. The summed E-state index contributed by atoms with van der Waals surface area (Å²) in [5, 5.41) is 18.2. The lowest BCUT2D eigenvalue weighted by Crippen LogP contribution is -2.30. The van der Waals surface area contributed by atoms with Crippen LogP contribution >= 0.6 is 11.3 Å². The third-order valence-corrected chi connectivity index (χ3v) is 5.34. The van der Waals surface area contributed by atoms with E-state index in [2.05, 4.69) is 20.6 Å². The number of pyridine rings is 1. The maximum Gasteiger partial charge on any atom is 0.259 e. The summed E-state index contributed by atoms with van der Waals surface area (Å²) in [5.74, 6) is -0.677. The first-order valence-corrected chi connectivity index (χ1v) is 10.6. The number of hydrogen-bond acceptors (Lipinski definition) is 7. The fourth-order valence-corrected chi connectivity index (χ4v) is 3.69. The highest BCUT2D eigenvalue weighted by molar-refractivity contribution is 7.09. The molecule has 1 aromatic carbocycles. The smallest absolute Gasteiger partial charge is 0.259 e. The Morgan fingerprint density at radius 1 is 1.19 bits per heavy atom. The van der Waals surface area contributed by atoms with Crippen molar-refractivity contribution in [3.63, 3.8) is 0 Å². The van der Waals surface area contributed by atoms with Crippen molar-refractivity contribution in [2.24, 2.45) is 0 Å². The molecule has 0 radical (unpaired) electrons. The quantitative estimate of drug-likeness (QED) is 0.467. The number of anilines is 2. The molecule has 3 aromatic rings. The summed E-state index contributed by atoms with van der Waals surface area (Å²) in [6.07, 6.45) is 0.268. The van der Waals surface area contributed by atoms with Crippen molar-refractivity contribution in [1.82, 2.24) is 15.3 Å². The number of rotatable bonds is 6. The second-order valence-electron chi connectivity index (χ2n) is 7.50. The molecular weight excluding hydrogens is 414 g/mol. The number of benzene rings is 1. The van der Waals surface area contributed by atoms with Crippen LogP contribution in [0.25, 0.3) is 11.1 Å². The number of carbonyl (C=O) groups excluding carboxylic acids is 2. The molecule has 0 aliphatic carbocycles. The van der Waals surface area contributed by atoms with Crippen LogP contribution in [0.5, 0.6) is 0 Å². The number of aryl methyl sites for hydroxylation is 2. The zero-order valence-electron chi connectivity index (χ0n) is 17.8. The van der Waals surface area contributed by atoms with Crippen molar-refractivity contribution in [2.45, 2.75) is 39.8 Å². The lowest BCUT2D eigenvalue weighted by atomic mass is 9.99. The van der Waals surface area contributed by atoms with Crippen molar-refractivity contribution >= 4 is 34.7 Å². The molecule has 31 heavy (non-hydrogen) atoms. The van der Waals surface area contributed by atoms with Gasteiger partial charge in [0.2, 0.25) is 0 Å². The van der Waals surface area contributed by atoms with Gasteiger partial charge in [-0.05, 0) is 57.0 Å². The molecule has 1 atom stereocenters. The Morgan fingerprint density at radius 2 is 1.94 bits per heavy atom. The van der Waals surface area contributed by atoms with E-state index >= 15 is 0 Å². The minimum absolute atomic E-state index is 0.0243. The average Bonchev–Trinajstić information content (AvgIpc) is 3.14. The van der Waals surface area contributed by atoms with Crippen molar-refractivity contribution in [3.05, 3.63) is 57.7 Å². The molecule has 0 spiro atoms. The summed E-state index contributed by atoms with van der Waals surface area (Å²) in [4.78, 5) is 33.1. The molecule has 8 nitrogen and oxygen atoms in total. The molecule has 0 saturated carbocycles. The van der Waals surface area contributed by atoms with Crippen LogP contribution in [0.1, 0.15) is 46.6 Å². The molecule has 0 fully saturated rings. The lowest BCUT2D eigenvalue weighted by molar-refractivity contribution is -0.124. The molecule has 2 amide bonds. The third kappa shape index (κ3) is 5.25. The Hall–Kier alpha value is -3.30. The Labute approximate surface area is 184 Å². The van der Waals surface area contributed by atoms with Crippen LogP contribution in [0.4, 0.5) is 11.5 Å². The van der Waals surface area contributed by atoms with Gasteiger partial charge in [-0.2, -0.15) is 0 Å². The number of amides is 2. The van der Waals surface area contributed by atoms with Gasteiger partial charge in [0.1, 0.15) is 5.82 Å². The van der Waals surface area contributed by atoms with Gasteiger partial charge in [-0.3, -0.25) is 9.59 Å². The van der Waals surface area contributed by atoms with E-state index < -0.39 is 12.0 Å². The summed E-state index contributed by atoms with van der Waals surface area (Å²) in [5.41, 5.74) is 9.51. The Kier molecular flexibility index (Phi) is 6.67. The largest absolute Gasteiger partial charge is 0.383 e. The Bertz CT molecular complexity index is 1130. The van der Waals surface area contributed by atoms with Gasteiger partial charge in [-0.25, -0.2) is 9.97 Å². The zero-order chi connectivity index (χ0) is 22.7. The number of carbonyl (C=O) groups is 2. The number of nitrogens with two attached hydrogens (primary N) is 1. The molecular formula is C22H25N5O3S. The van der Waals surface area contributed by atoms with Crippen LogP contribution in [0.15, 0.2) is 35.8 Å². The number of nitrogen functional groups attached to an aromatic ring is 1. The van der Waals surface area contributed by atoms with E-state index in [4.69, 9.17) is 5.73 Å². The lowest BCUT2D eigenvalue weighted by Gasteiger charge is -2.14. The number of aromatic nitrogens is 2. The maximum atomic E-state index is 12.4. The van der Waals surface area contributed by atoms with Crippen molar-refractivity contribution in [3.8, 4) is 11.1 Å². The summed E-state index contributed by atoms with van der Waals surface area (Å²) < 4.78 is 0. The molecule has 0 bridgehead atoms. The minimum Gasteiger partial charge on any atom is -0.383 e. The average molecular weight is 440 g/mol. The first kappa shape index (κ1) is 22.4. The first-order valence-electron chi connectivity index (χ1n) is 9.74. The monoisotopic (exact) mass is 439 g/mol. The van der Waals surface area contributed by atoms with Gasteiger partial charge >= 0.3 is 0 Å². The number of aliphatic hydroxyl groups is 1. The highest BCUT2D eigenvalue weighted by atomic mass is 32.1. The second-order valence-corrected chi connectivity index (χ2v) is 8.56. The van der Waals surface area contributed by atoms with Crippen LogP contribution in [-0.4, -0.2) is 32.9 Å². The van der Waals surface area contributed by atoms with E-state index in [9.17, 15) is 14.7 Å². The highest BCUT2D eigenvalue weighted by Gasteiger charge is 2.20. The van der Waals surface area contributed by atoms with E-state index in [-0.39, 0.29) is 17.8 Å². The number of thiazole rings is 1. The first-order chi connectivity index (χ1) is 14.7. The van der Waals surface area contributed by atoms with Crippen LogP contribution in [0, 0.1) is 13.8 Å². The van der Waals surface area contributed by atoms with Crippen LogP contribution in [-0.2, 0) is 4.79 Å². The molecule has 2 heterocycles. The Balaban J connectivity index is 1.81. The topological polar surface area (TPSA) is 130 Å². The van der Waals surface area contributed by atoms with Gasteiger partial charge < -0.3 is 21.5 Å². The molecule has 162 valence electrons. The van der Waals surface area contributed by atoms with Crippen molar-refractivity contribution in [1.29, 1.82) is 0 Å². The van der Waals surface area contributed by atoms with Gasteiger partial charge in [0.15, 0.2) is 6.10 Å². The minimum atomic E-state index is -1.34. The third-order valence-electron chi connectivity index (χ3n) is 4.55. The molecule has 3 rings (SSSR count). The van der Waals surface area contributed by atoms with Crippen molar-refractivity contribution < 1.29 is 14.7 Å². The van der Waals surface area contributed by atoms with E-state index in [0.29, 0.717) is 16.9 Å². The predicted octanol–water partition coefficient (Wildman–Crippen LogP) is 3.21. The van der Waals surface area contributed by atoms with Gasteiger partial charge in [0, 0.05) is 28.9 Å². The summed E-state index contributed by atoms with van der Waals surface area (Å²) >= 11 is 1.37. The van der Waals surface area contributed by atoms with Gasteiger partial charge in [0.25, 0.3) is 11.8 Å². The molecule has 0 aliphatic rings. The van der Waals surface area contributed by atoms with Gasteiger partial charge in [-0.15, -0.1) is 11.3 Å². The summed E-state index contributed by atoms with van der Waals surface area (Å²) in [7, 11) is 0. The molecule has 2 aromatic heterocycles. The van der Waals surface area contributed by atoms with Gasteiger partial charge in [0.05, 0.1) is 16.3 Å². The van der Waals surface area contributed by atoms with Gasteiger partial charge in [-0.1, -0.05) is 6.07 Å². The number of nitrogens with one attached hydrogen (secondary N) is 2. The SMILES string of the molecule is Cc1nc([C@H](O)C(=O)Nc2ccc(-c3cnc(N)c(C(=O)NC(C)C)c3)c(C)c2)cs1. The van der Waals surface area contributed by atoms with Crippen LogP contribution < -0.4 is 16.4 Å². The van der Waals surface area contributed by atoms with Crippen molar-refractivity contribution in [2.75, 3.05) is 11.1 Å². The highest BCUT2D eigenvalue weighted by Crippen LogP contribution is 2.28. The van der Waals surface area contributed by atoms with E-state index in [1.54, 1.807) is 29.8 Å². The standard InChI is InChI=1S/C22H25N5O3S/c1-11(2)25-21(29)17-8-14(9-24-20(17)23)16-6-5-15(7-12(16)3)27-22(30)19(28)18-10-31-13(4)26-18/h5-11,19,28H,1-4H3,(H2,23,24)(H,25,29)(H,27,30)/t19-/m0/s1. The van der Waals surface area contributed by atoms with E-state index in [1.165, 1.54) is 11.3 Å². The number of nitrogens with zero attached hydrogens (tertiary/aromatic N) is 2. The summed E-state index contributed by atoms with van der Waals surface area (Å²) in [6.45, 7) is 7.43. The van der Waals surface area contributed by atoms with Crippen LogP contribution in [0.3, 0.4) is 0 Å². The molecule has 0 unspecified atom stereocenters. The maximum absolute atomic E-state index is 12.4. The predicted molar refractivity (Wildman–Crippen MR) is 122 cm³/mol. The fraction of sp³-hybridized carbons (Fsp3) is 0.273. The molecule has 0 aliphatic heterocycles. The number of hydrogen-bond donors (Lipinski definition) is 4. The molecule has 5 N–H and O–H groups in total. The fourth-order valence-electron chi connectivity index (χ4n) is 3.06. The van der Waals surface area contributed by atoms with Crippen LogP contribution in [0.2, 0.25) is 0 Å². The normalized spacial score (nSPS) is 11.9. The number of aliphatic hydroxyl groups excluding tert-OH is 1. The van der Waals surface area contributed by atoms with E-state index in [1.807, 2.05) is 33.8 Å². The Morgan fingerprint density at radius 3 is 2.55 bits per heavy atom. The summed E-state index contributed by atoms with van der Waals surface area (Å²) in [6, 6.07) is 7.01.